The molecule has 20 heavy (non-hydrogen) atoms. The number of primary sulfonamides is 1. The fraction of sp³-hybridized carbons (Fsp3) is 0.500. The third-order valence-electron chi connectivity index (χ3n) is 3.00. The monoisotopic (exact) mass is 298 g/mol. The van der Waals surface area contributed by atoms with Gasteiger partial charge in [0, 0.05) is 13.0 Å². The zero-order valence-corrected chi connectivity index (χ0v) is 12.6. The molecule has 0 aliphatic heterocycles. The number of nitrogens with two attached hydrogens (primary N) is 1. The number of carbonyl (C=O) groups excluding carboxylic acids is 1. The lowest BCUT2D eigenvalue weighted by molar-refractivity contribution is -0.121. The number of unbranched alkanes of at least 4 members (excludes halogenated alkanes) is 3. The molecule has 0 bridgehead atoms. The van der Waals surface area contributed by atoms with E-state index in [0.29, 0.717) is 13.0 Å². The number of hydrogen-bond donors (Lipinski definition) is 2. The average Bonchev–Trinajstić information content (AvgIpc) is 2.41. The summed E-state index contributed by atoms with van der Waals surface area (Å²) in [5, 5.41) is 7.83. The summed E-state index contributed by atoms with van der Waals surface area (Å²) in [5.74, 6) is 0.0247. The molecule has 0 spiro atoms. The Morgan fingerprint density at radius 1 is 1.15 bits per heavy atom. The van der Waals surface area contributed by atoms with Crippen molar-refractivity contribution in [2.45, 2.75) is 50.5 Å². The normalized spacial score (nSPS) is 11.3. The van der Waals surface area contributed by atoms with Crippen molar-refractivity contribution in [2.24, 2.45) is 5.14 Å². The quantitative estimate of drug-likeness (QED) is 0.718. The van der Waals surface area contributed by atoms with E-state index in [1.54, 1.807) is 12.1 Å². The number of rotatable bonds is 8. The van der Waals surface area contributed by atoms with Crippen molar-refractivity contribution in [3.05, 3.63) is 29.8 Å². The number of amides is 1. The number of benzene rings is 1. The molecule has 3 N–H and O–H groups in total. The van der Waals surface area contributed by atoms with Gasteiger partial charge in [-0.1, -0.05) is 38.3 Å². The Morgan fingerprint density at radius 2 is 1.80 bits per heavy atom. The van der Waals surface area contributed by atoms with E-state index < -0.39 is 10.0 Å². The summed E-state index contributed by atoms with van der Waals surface area (Å²) in [6.45, 7) is 2.53. The molecule has 0 radical (unpaired) electrons. The van der Waals surface area contributed by atoms with E-state index in [1.165, 1.54) is 12.1 Å². The molecule has 0 fully saturated rings. The van der Waals surface area contributed by atoms with Crippen LogP contribution in [0.1, 0.15) is 44.6 Å². The second kappa shape index (κ2) is 8.01. The molecule has 1 rings (SSSR count). The van der Waals surface area contributed by atoms with Crippen molar-refractivity contribution in [1.29, 1.82) is 0 Å². The lowest BCUT2D eigenvalue weighted by Gasteiger charge is -2.06. The highest BCUT2D eigenvalue weighted by Gasteiger charge is 2.07. The van der Waals surface area contributed by atoms with Crippen LogP contribution in [0.25, 0.3) is 0 Å². The highest BCUT2D eigenvalue weighted by Crippen LogP contribution is 2.09. The lowest BCUT2D eigenvalue weighted by Crippen LogP contribution is -2.22. The number of carbonyl (C=O) groups is 1. The average molecular weight is 298 g/mol. The molecule has 0 saturated heterocycles. The molecular formula is C14H22N2O3S. The Labute approximate surface area is 120 Å². The van der Waals surface area contributed by atoms with Crippen LogP contribution in [-0.2, 0) is 21.4 Å². The molecule has 0 saturated carbocycles. The van der Waals surface area contributed by atoms with Gasteiger partial charge >= 0.3 is 0 Å². The first-order chi connectivity index (χ1) is 9.43. The Bertz CT molecular complexity index is 524. The predicted molar refractivity (Wildman–Crippen MR) is 78.4 cm³/mol. The number of sulfonamides is 1. The zero-order chi connectivity index (χ0) is 15.0. The Hall–Kier alpha value is -1.40. The summed E-state index contributed by atoms with van der Waals surface area (Å²) in [6.07, 6.45) is 4.83. The summed E-state index contributed by atoms with van der Waals surface area (Å²) < 4.78 is 22.2. The lowest BCUT2D eigenvalue weighted by atomic mass is 10.1. The largest absolute Gasteiger partial charge is 0.352 e. The SMILES string of the molecule is CCCCCCC(=O)NCc1ccc(S(N)(=O)=O)cc1. The fourth-order valence-corrected chi connectivity index (χ4v) is 2.31. The molecule has 5 nitrogen and oxygen atoms in total. The second-order valence-corrected chi connectivity index (χ2v) is 6.34. The van der Waals surface area contributed by atoms with Crippen LogP contribution in [0, 0.1) is 0 Å². The minimum Gasteiger partial charge on any atom is -0.352 e. The highest BCUT2D eigenvalue weighted by atomic mass is 32.2. The van der Waals surface area contributed by atoms with Crippen LogP contribution in [0.5, 0.6) is 0 Å². The van der Waals surface area contributed by atoms with Crippen molar-refractivity contribution < 1.29 is 13.2 Å². The van der Waals surface area contributed by atoms with Gasteiger partial charge in [-0.05, 0) is 24.1 Å². The molecule has 0 aromatic heterocycles. The third-order valence-corrected chi connectivity index (χ3v) is 3.93. The molecule has 1 amide bonds. The van der Waals surface area contributed by atoms with Crippen LogP contribution in [0.4, 0.5) is 0 Å². The topological polar surface area (TPSA) is 89.3 Å². The fourth-order valence-electron chi connectivity index (χ4n) is 1.80. The van der Waals surface area contributed by atoms with Crippen LogP contribution in [0.15, 0.2) is 29.2 Å². The van der Waals surface area contributed by atoms with Gasteiger partial charge in [-0.15, -0.1) is 0 Å². The summed E-state index contributed by atoms with van der Waals surface area (Å²) in [5.41, 5.74) is 0.847. The van der Waals surface area contributed by atoms with Gasteiger partial charge < -0.3 is 5.32 Å². The summed E-state index contributed by atoms with van der Waals surface area (Å²) >= 11 is 0. The van der Waals surface area contributed by atoms with Crippen molar-refractivity contribution in [3.63, 3.8) is 0 Å². The second-order valence-electron chi connectivity index (χ2n) is 4.78. The molecule has 1 aromatic rings. The van der Waals surface area contributed by atoms with Gasteiger partial charge in [-0.25, -0.2) is 13.6 Å². The van der Waals surface area contributed by atoms with Gasteiger partial charge in [0.1, 0.15) is 0 Å². The summed E-state index contributed by atoms with van der Waals surface area (Å²) in [6, 6.07) is 6.18. The Balaban J connectivity index is 2.37. The third kappa shape index (κ3) is 6.16. The van der Waals surface area contributed by atoms with Crippen LogP contribution in [0.2, 0.25) is 0 Å². The van der Waals surface area contributed by atoms with Crippen molar-refractivity contribution in [3.8, 4) is 0 Å². The molecule has 0 aliphatic carbocycles. The first kappa shape index (κ1) is 16.7. The Kier molecular flexibility index (Phi) is 6.67. The molecule has 0 unspecified atom stereocenters. The molecule has 6 heteroatoms. The van der Waals surface area contributed by atoms with E-state index in [0.717, 1.165) is 31.2 Å². The maximum Gasteiger partial charge on any atom is 0.238 e. The van der Waals surface area contributed by atoms with Crippen LogP contribution >= 0.6 is 0 Å². The molecular weight excluding hydrogens is 276 g/mol. The molecule has 0 heterocycles. The van der Waals surface area contributed by atoms with E-state index >= 15 is 0 Å². The highest BCUT2D eigenvalue weighted by molar-refractivity contribution is 7.89. The van der Waals surface area contributed by atoms with E-state index in [2.05, 4.69) is 12.2 Å². The van der Waals surface area contributed by atoms with E-state index in [4.69, 9.17) is 5.14 Å². The number of nitrogens with one attached hydrogen (secondary N) is 1. The maximum absolute atomic E-state index is 11.6. The van der Waals surface area contributed by atoms with Gasteiger partial charge in [-0.2, -0.15) is 0 Å². The van der Waals surface area contributed by atoms with E-state index in [9.17, 15) is 13.2 Å². The van der Waals surface area contributed by atoms with Crippen LogP contribution < -0.4 is 10.5 Å². The minimum absolute atomic E-state index is 0.0247. The van der Waals surface area contributed by atoms with Crippen molar-refractivity contribution >= 4 is 15.9 Å². The van der Waals surface area contributed by atoms with Gasteiger partial charge in [-0.3, -0.25) is 4.79 Å². The van der Waals surface area contributed by atoms with Gasteiger partial charge in [0.15, 0.2) is 0 Å². The standard InChI is InChI=1S/C14H22N2O3S/c1-2-3-4-5-6-14(17)16-11-12-7-9-13(10-8-12)20(15,18)19/h7-10H,2-6,11H2,1H3,(H,16,17)(H2,15,18,19). The van der Waals surface area contributed by atoms with Crippen LogP contribution in [0.3, 0.4) is 0 Å². The zero-order valence-electron chi connectivity index (χ0n) is 11.8. The predicted octanol–water partition coefficient (Wildman–Crippen LogP) is 1.92. The molecule has 112 valence electrons. The first-order valence-corrected chi connectivity index (χ1v) is 8.36. The minimum atomic E-state index is -3.66. The van der Waals surface area contributed by atoms with Crippen LogP contribution in [-0.4, -0.2) is 14.3 Å². The van der Waals surface area contributed by atoms with Gasteiger partial charge in [0.25, 0.3) is 0 Å². The first-order valence-electron chi connectivity index (χ1n) is 6.82. The summed E-state index contributed by atoms with van der Waals surface area (Å²) in [7, 11) is -3.66. The van der Waals surface area contributed by atoms with E-state index in [-0.39, 0.29) is 10.8 Å². The summed E-state index contributed by atoms with van der Waals surface area (Å²) in [4.78, 5) is 11.7. The maximum atomic E-state index is 11.6. The van der Waals surface area contributed by atoms with Crippen molar-refractivity contribution in [1.82, 2.24) is 5.32 Å². The molecule has 0 atom stereocenters. The van der Waals surface area contributed by atoms with Crippen molar-refractivity contribution in [2.75, 3.05) is 0 Å². The number of hydrogen-bond acceptors (Lipinski definition) is 3. The van der Waals surface area contributed by atoms with Gasteiger partial charge in [0.2, 0.25) is 15.9 Å². The Morgan fingerprint density at radius 3 is 2.35 bits per heavy atom. The van der Waals surface area contributed by atoms with E-state index in [1.807, 2.05) is 0 Å². The molecule has 0 aliphatic rings. The van der Waals surface area contributed by atoms with Gasteiger partial charge in [0.05, 0.1) is 4.90 Å². The smallest absolute Gasteiger partial charge is 0.238 e. The molecule has 1 aromatic carbocycles.